The summed E-state index contributed by atoms with van der Waals surface area (Å²) in [5, 5.41) is 21.6. The molecule has 1 aliphatic heterocycles. The number of hydrogen-bond acceptors (Lipinski definition) is 6. The molecule has 3 N–H and O–H groups in total. The zero-order valence-electron chi connectivity index (χ0n) is 15.3. The maximum atomic E-state index is 12.6. The molecule has 0 unspecified atom stereocenters. The Labute approximate surface area is 162 Å². The number of fused-ring (bicyclic) bond motifs is 1. The van der Waals surface area contributed by atoms with E-state index in [-0.39, 0.29) is 5.56 Å². The van der Waals surface area contributed by atoms with Crippen molar-refractivity contribution < 1.29 is 28.2 Å². The molecule has 1 saturated heterocycles. The molecule has 0 radical (unpaired) electrons. The van der Waals surface area contributed by atoms with Gasteiger partial charge in [-0.05, 0) is 38.4 Å². The number of hydrogen-bond donors (Lipinski definition) is 3. The van der Waals surface area contributed by atoms with Crippen molar-refractivity contribution >= 4 is 27.5 Å². The zero-order valence-corrected chi connectivity index (χ0v) is 16.1. The SMILES string of the molecule is CCCc1cc2c(=O)n(CC3(O)CCNCC3)cnc2s1.O=C(O)C(F)(F)F. The molecule has 2 aromatic heterocycles. The van der Waals surface area contributed by atoms with E-state index in [1.54, 1.807) is 22.2 Å². The number of aryl methyl sites for hydroxylation is 1. The minimum Gasteiger partial charge on any atom is -0.475 e. The average Bonchev–Trinajstić information content (AvgIpc) is 3.02. The second-order valence-corrected chi connectivity index (χ2v) is 7.75. The van der Waals surface area contributed by atoms with Gasteiger partial charge in [0.2, 0.25) is 0 Å². The Hall–Kier alpha value is -1.98. The lowest BCUT2D eigenvalue weighted by molar-refractivity contribution is -0.192. The lowest BCUT2D eigenvalue weighted by atomic mass is 9.92. The monoisotopic (exact) mass is 421 g/mol. The van der Waals surface area contributed by atoms with E-state index in [1.807, 2.05) is 6.07 Å². The normalized spacial score (nSPS) is 16.5. The molecular formula is C17H22F3N3O4S. The predicted molar refractivity (Wildman–Crippen MR) is 98.6 cm³/mol. The van der Waals surface area contributed by atoms with Crippen molar-refractivity contribution in [3.8, 4) is 0 Å². The van der Waals surface area contributed by atoms with Crippen molar-refractivity contribution in [2.24, 2.45) is 0 Å². The first-order chi connectivity index (χ1) is 13.1. The number of carbonyl (C=O) groups is 1. The van der Waals surface area contributed by atoms with Gasteiger partial charge < -0.3 is 15.5 Å². The molecule has 28 heavy (non-hydrogen) atoms. The maximum absolute atomic E-state index is 12.6. The number of alkyl halides is 3. The summed E-state index contributed by atoms with van der Waals surface area (Å²) >= 11 is 1.59. The van der Waals surface area contributed by atoms with Crippen LogP contribution in [-0.2, 0) is 17.8 Å². The fourth-order valence-electron chi connectivity index (χ4n) is 2.86. The summed E-state index contributed by atoms with van der Waals surface area (Å²) < 4.78 is 33.3. The number of thiophene rings is 1. The van der Waals surface area contributed by atoms with Gasteiger partial charge in [0.15, 0.2) is 0 Å². The van der Waals surface area contributed by atoms with Crippen LogP contribution in [-0.4, -0.2) is 50.6 Å². The number of carboxylic acid groups (broad SMARTS) is 1. The lowest BCUT2D eigenvalue weighted by Gasteiger charge is -2.32. The topological polar surface area (TPSA) is 104 Å². The molecule has 0 aromatic carbocycles. The molecule has 0 aliphatic carbocycles. The molecule has 0 spiro atoms. The number of nitrogens with zero attached hydrogens (tertiary/aromatic N) is 2. The summed E-state index contributed by atoms with van der Waals surface area (Å²) in [7, 11) is 0. The van der Waals surface area contributed by atoms with E-state index < -0.39 is 17.7 Å². The fourth-order valence-corrected chi connectivity index (χ4v) is 3.95. The minimum atomic E-state index is -5.08. The van der Waals surface area contributed by atoms with Gasteiger partial charge in [0.05, 0.1) is 23.9 Å². The molecule has 7 nitrogen and oxygen atoms in total. The Morgan fingerprint density at radius 1 is 1.39 bits per heavy atom. The third kappa shape index (κ3) is 5.76. The Balaban J connectivity index is 0.000000345. The number of piperidine rings is 1. The van der Waals surface area contributed by atoms with E-state index in [0.29, 0.717) is 24.8 Å². The van der Waals surface area contributed by atoms with Crippen LogP contribution in [0.5, 0.6) is 0 Å². The molecule has 1 aliphatic rings. The summed E-state index contributed by atoms with van der Waals surface area (Å²) in [6, 6.07) is 1.96. The number of nitrogens with one attached hydrogen (secondary N) is 1. The van der Waals surface area contributed by atoms with E-state index in [2.05, 4.69) is 17.2 Å². The molecule has 0 atom stereocenters. The van der Waals surface area contributed by atoms with E-state index in [0.717, 1.165) is 30.8 Å². The molecule has 3 heterocycles. The molecular weight excluding hydrogens is 399 g/mol. The third-order valence-corrected chi connectivity index (χ3v) is 5.41. The predicted octanol–water partition coefficient (Wildman–Crippen LogP) is 2.16. The van der Waals surface area contributed by atoms with Crippen LogP contribution in [0.3, 0.4) is 0 Å². The van der Waals surface area contributed by atoms with Gasteiger partial charge in [-0.3, -0.25) is 9.36 Å². The van der Waals surface area contributed by atoms with Crippen LogP contribution in [0.2, 0.25) is 0 Å². The van der Waals surface area contributed by atoms with E-state index in [1.165, 1.54) is 4.88 Å². The standard InChI is InChI=1S/C15H21N3O2S.C2HF3O2/c1-2-3-11-8-12-13(21-11)17-10-18(14(12)19)9-15(20)4-6-16-7-5-15;3-2(4,5)1(6)7/h8,10,16,20H,2-7,9H2,1H3;(H,6,7). The van der Waals surface area contributed by atoms with Gasteiger partial charge in [0.25, 0.3) is 5.56 Å². The highest BCUT2D eigenvalue weighted by Crippen LogP contribution is 2.23. The highest BCUT2D eigenvalue weighted by atomic mass is 32.1. The largest absolute Gasteiger partial charge is 0.490 e. The van der Waals surface area contributed by atoms with Crippen molar-refractivity contribution in [2.45, 2.75) is 50.9 Å². The number of aromatic nitrogens is 2. The first-order valence-corrected chi connectivity index (χ1v) is 9.58. The van der Waals surface area contributed by atoms with Crippen molar-refractivity contribution in [1.29, 1.82) is 0 Å². The van der Waals surface area contributed by atoms with Crippen LogP contribution in [0.4, 0.5) is 13.2 Å². The smallest absolute Gasteiger partial charge is 0.475 e. The number of aliphatic carboxylic acids is 1. The number of rotatable bonds is 4. The van der Waals surface area contributed by atoms with Gasteiger partial charge in [-0.2, -0.15) is 13.2 Å². The molecule has 0 amide bonds. The maximum Gasteiger partial charge on any atom is 0.490 e. The Morgan fingerprint density at radius 2 is 2.00 bits per heavy atom. The van der Waals surface area contributed by atoms with Crippen LogP contribution in [0.15, 0.2) is 17.2 Å². The van der Waals surface area contributed by atoms with Crippen molar-refractivity contribution in [2.75, 3.05) is 13.1 Å². The van der Waals surface area contributed by atoms with Gasteiger partial charge >= 0.3 is 12.1 Å². The van der Waals surface area contributed by atoms with Gasteiger partial charge in [0.1, 0.15) is 4.83 Å². The zero-order chi connectivity index (χ0) is 20.9. The average molecular weight is 421 g/mol. The first kappa shape index (κ1) is 22.3. The van der Waals surface area contributed by atoms with Crippen LogP contribution in [0.1, 0.15) is 31.1 Å². The van der Waals surface area contributed by atoms with Crippen molar-refractivity contribution in [3.63, 3.8) is 0 Å². The van der Waals surface area contributed by atoms with Crippen LogP contribution < -0.4 is 10.9 Å². The van der Waals surface area contributed by atoms with Crippen LogP contribution in [0, 0.1) is 0 Å². The highest BCUT2D eigenvalue weighted by molar-refractivity contribution is 7.18. The van der Waals surface area contributed by atoms with Crippen LogP contribution in [0.25, 0.3) is 10.2 Å². The number of aliphatic hydroxyl groups is 1. The Morgan fingerprint density at radius 3 is 2.54 bits per heavy atom. The molecule has 156 valence electrons. The Kier molecular flexibility index (Phi) is 7.18. The Bertz CT molecular complexity index is 873. The van der Waals surface area contributed by atoms with Gasteiger partial charge in [-0.25, -0.2) is 9.78 Å². The molecule has 0 bridgehead atoms. The number of carboxylic acids is 1. The summed E-state index contributed by atoms with van der Waals surface area (Å²) in [5.74, 6) is -2.76. The van der Waals surface area contributed by atoms with Crippen molar-refractivity contribution in [1.82, 2.24) is 14.9 Å². The second-order valence-electron chi connectivity index (χ2n) is 6.64. The lowest BCUT2D eigenvalue weighted by Crippen LogP contribution is -2.46. The second kappa shape index (κ2) is 9.01. The van der Waals surface area contributed by atoms with E-state index >= 15 is 0 Å². The summed E-state index contributed by atoms with van der Waals surface area (Å²) in [6.07, 6.45) is -0.120. The van der Waals surface area contributed by atoms with Gasteiger partial charge in [0, 0.05) is 4.88 Å². The third-order valence-electron chi connectivity index (χ3n) is 4.31. The number of halogens is 3. The molecule has 1 fully saturated rings. The molecule has 11 heteroatoms. The van der Waals surface area contributed by atoms with E-state index in [4.69, 9.17) is 9.90 Å². The fraction of sp³-hybridized carbons (Fsp3) is 0.588. The summed E-state index contributed by atoms with van der Waals surface area (Å²) in [4.78, 5) is 27.9. The molecule has 0 saturated carbocycles. The summed E-state index contributed by atoms with van der Waals surface area (Å²) in [6.45, 7) is 4.04. The summed E-state index contributed by atoms with van der Waals surface area (Å²) in [5.41, 5.74) is -0.835. The van der Waals surface area contributed by atoms with Crippen molar-refractivity contribution in [3.05, 3.63) is 27.6 Å². The van der Waals surface area contributed by atoms with Gasteiger partial charge in [-0.1, -0.05) is 13.3 Å². The quantitative estimate of drug-likeness (QED) is 0.699. The van der Waals surface area contributed by atoms with Gasteiger partial charge in [-0.15, -0.1) is 11.3 Å². The minimum absolute atomic E-state index is 0.0365. The van der Waals surface area contributed by atoms with Crippen LogP contribution >= 0.6 is 11.3 Å². The molecule has 2 aromatic rings. The molecule has 3 rings (SSSR count). The highest BCUT2D eigenvalue weighted by Gasteiger charge is 2.38. The van der Waals surface area contributed by atoms with E-state index in [9.17, 15) is 23.1 Å². The first-order valence-electron chi connectivity index (χ1n) is 8.77.